The molecule has 3 atom stereocenters. The molecule has 2 aliphatic rings. The van der Waals surface area contributed by atoms with Gasteiger partial charge in [0.25, 0.3) is 0 Å². The summed E-state index contributed by atoms with van der Waals surface area (Å²) in [4.78, 5) is 0. The highest BCUT2D eigenvalue weighted by atomic mass is 14.4. The topological polar surface area (TPSA) is 0 Å². The van der Waals surface area contributed by atoms with Crippen LogP contribution in [0, 0.1) is 11.8 Å². The highest BCUT2D eigenvalue weighted by Gasteiger charge is 2.43. The lowest BCUT2D eigenvalue weighted by Gasteiger charge is -2.44. The van der Waals surface area contributed by atoms with Crippen LogP contribution in [0.25, 0.3) is 0 Å². The second-order valence-electron chi connectivity index (χ2n) is 7.03. The van der Waals surface area contributed by atoms with Crippen LogP contribution in [-0.2, 0) is 5.41 Å². The van der Waals surface area contributed by atoms with Crippen LogP contribution in [0.4, 0.5) is 0 Å². The van der Waals surface area contributed by atoms with Crippen molar-refractivity contribution in [2.45, 2.75) is 39.0 Å². The monoisotopic (exact) mass is 316 g/mol. The van der Waals surface area contributed by atoms with Crippen molar-refractivity contribution >= 4 is 0 Å². The van der Waals surface area contributed by atoms with E-state index in [1.807, 2.05) is 0 Å². The molecule has 3 unspecified atom stereocenters. The number of hydrogen-bond acceptors (Lipinski definition) is 0. The second-order valence-corrected chi connectivity index (χ2v) is 7.03. The summed E-state index contributed by atoms with van der Waals surface area (Å²) in [5.74, 6) is 1.08. The molecule has 1 aromatic rings. The number of allylic oxidation sites excluding steroid dienone is 10. The molecular weight excluding hydrogens is 288 g/mol. The third kappa shape index (κ3) is 2.86. The fourth-order valence-electron chi connectivity index (χ4n) is 4.19. The third-order valence-corrected chi connectivity index (χ3v) is 5.59. The third-order valence-electron chi connectivity index (χ3n) is 5.59. The van der Waals surface area contributed by atoms with Gasteiger partial charge in [0.15, 0.2) is 0 Å². The molecular formula is C24H28. The lowest BCUT2D eigenvalue weighted by Crippen LogP contribution is -2.38. The van der Waals surface area contributed by atoms with Gasteiger partial charge in [0.1, 0.15) is 0 Å². The van der Waals surface area contributed by atoms with E-state index < -0.39 is 0 Å². The molecule has 2 aliphatic carbocycles. The van der Waals surface area contributed by atoms with Crippen LogP contribution in [0.2, 0.25) is 0 Å². The van der Waals surface area contributed by atoms with Crippen molar-refractivity contribution in [3.05, 3.63) is 95.6 Å². The predicted octanol–water partition coefficient (Wildman–Crippen LogP) is 6.55. The molecule has 0 bridgehead atoms. The summed E-state index contributed by atoms with van der Waals surface area (Å²) in [6, 6.07) is 11.1. The zero-order valence-electron chi connectivity index (χ0n) is 15.1. The van der Waals surface area contributed by atoms with Crippen LogP contribution < -0.4 is 0 Å². The summed E-state index contributed by atoms with van der Waals surface area (Å²) >= 11 is 0. The van der Waals surface area contributed by atoms with Gasteiger partial charge in [-0.25, -0.2) is 0 Å². The quantitative estimate of drug-likeness (QED) is 0.553. The molecule has 0 heteroatoms. The van der Waals surface area contributed by atoms with Gasteiger partial charge in [-0.3, -0.25) is 0 Å². The molecule has 24 heavy (non-hydrogen) atoms. The molecule has 0 amide bonds. The summed E-state index contributed by atoms with van der Waals surface area (Å²) in [5.41, 5.74) is 4.21. The molecule has 0 aliphatic heterocycles. The number of benzene rings is 1. The summed E-state index contributed by atoms with van der Waals surface area (Å²) < 4.78 is 0. The van der Waals surface area contributed by atoms with Crippen LogP contribution >= 0.6 is 0 Å². The van der Waals surface area contributed by atoms with Gasteiger partial charge in [0.2, 0.25) is 0 Å². The lowest BCUT2D eigenvalue weighted by molar-refractivity contribution is 0.433. The van der Waals surface area contributed by atoms with Crippen molar-refractivity contribution in [3.63, 3.8) is 0 Å². The molecule has 0 saturated carbocycles. The van der Waals surface area contributed by atoms with Gasteiger partial charge >= 0.3 is 0 Å². The summed E-state index contributed by atoms with van der Waals surface area (Å²) in [6.45, 7) is 6.76. The van der Waals surface area contributed by atoms with Gasteiger partial charge in [0, 0.05) is 5.41 Å². The van der Waals surface area contributed by atoms with E-state index in [1.54, 1.807) is 0 Å². The molecule has 0 saturated heterocycles. The van der Waals surface area contributed by atoms with Crippen molar-refractivity contribution in [2.24, 2.45) is 11.8 Å². The van der Waals surface area contributed by atoms with Crippen LogP contribution in [0.3, 0.4) is 0 Å². The zero-order valence-corrected chi connectivity index (χ0v) is 15.1. The molecule has 0 nitrogen and oxygen atoms in total. The number of hydrogen-bond donors (Lipinski definition) is 0. The average molecular weight is 316 g/mol. The van der Waals surface area contributed by atoms with E-state index in [0.717, 1.165) is 12.8 Å². The molecule has 0 radical (unpaired) electrons. The first-order valence-corrected chi connectivity index (χ1v) is 9.10. The van der Waals surface area contributed by atoms with Crippen molar-refractivity contribution in [3.8, 4) is 0 Å². The van der Waals surface area contributed by atoms with E-state index in [4.69, 9.17) is 0 Å². The minimum absolute atomic E-state index is 0.0755. The van der Waals surface area contributed by atoms with E-state index in [9.17, 15) is 0 Å². The van der Waals surface area contributed by atoms with Gasteiger partial charge in [0.05, 0.1) is 0 Å². The van der Waals surface area contributed by atoms with Crippen LogP contribution in [-0.4, -0.2) is 0 Å². The Hall–Kier alpha value is -2.08. The SMILES string of the molecule is C/C=C(\C)C(C1=CCC(C)C=C1)(c1ccccc1)C1C=CC=CC1. The van der Waals surface area contributed by atoms with Gasteiger partial charge in [-0.1, -0.05) is 91.4 Å². The smallest absolute Gasteiger partial charge is 0.0470 e. The van der Waals surface area contributed by atoms with Gasteiger partial charge in [-0.05, 0) is 49.7 Å². The van der Waals surface area contributed by atoms with Crippen molar-refractivity contribution < 1.29 is 0 Å². The maximum atomic E-state index is 2.47. The highest BCUT2D eigenvalue weighted by Crippen LogP contribution is 2.49. The van der Waals surface area contributed by atoms with E-state index in [-0.39, 0.29) is 5.41 Å². The molecule has 0 aromatic heterocycles. The Morgan fingerprint density at radius 3 is 2.46 bits per heavy atom. The van der Waals surface area contributed by atoms with Crippen molar-refractivity contribution in [1.29, 1.82) is 0 Å². The first-order valence-electron chi connectivity index (χ1n) is 9.10. The lowest BCUT2D eigenvalue weighted by atomic mass is 9.59. The maximum Gasteiger partial charge on any atom is 0.0470 e. The summed E-state index contributed by atoms with van der Waals surface area (Å²) in [7, 11) is 0. The van der Waals surface area contributed by atoms with Gasteiger partial charge in [-0.15, -0.1) is 0 Å². The minimum Gasteiger partial charge on any atom is -0.0875 e. The summed E-state index contributed by atoms with van der Waals surface area (Å²) in [6.07, 6.45) is 20.8. The van der Waals surface area contributed by atoms with E-state index >= 15 is 0 Å². The van der Waals surface area contributed by atoms with Gasteiger partial charge in [-0.2, -0.15) is 0 Å². The van der Waals surface area contributed by atoms with Crippen LogP contribution in [0.5, 0.6) is 0 Å². The molecule has 0 fully saturated rings. The standard InChI is InChI=1S/C24H28/c1-4-20(3)24(21-11-7-5-8-12-21,22-13-9-6-10-14-22)23-17-15-19(2)16-18-23/h4-13,15,17-19,22H,14,16H2,1-3H3/b20-4+. The van der Waals surface area contributed by atoms with Crippen LogP contribution in [0.15, 0.2) is 90.1 Å². The molecule has 124 valence electrons. The number of rotatable bonds is 4. The fourth-order valence-corrected chi connectivity index (χ4v) is 4.19. The Kier molecular flexibility index (Phi) is 5.04. The van der Waals surface area contributed by atoms with E-state index in [1.165, 1.54) is 16.7 Å². The molecule has 0 heterocycles. The zero-order chi connectivity index (χ0) is 17.0. The first-order chi connectivity index (χ1) is 11.7. The molecule has 1 aromatic carbocycles. The Morgan fingerprint density at radius 2 is 1.88 bits per heavy atom. The second kappa shape index (κ2) is 7.21. The highest BCUT2D eigenvalue weighted by molar-refractivity contribution is 5.53. The fraction of sp³-hybridized carbons (Fsp3) is 0.333. The largest absolute Gasteiger partial charge is 0.0875 e. The van der Waals surface area contributed by atoms with Crippen molar-refractivity contribution in [2.75, 3.05) is 0 Å². The first kappa shape index (κ1) is 16.8. The average Bonchev–Trinajstić information content (AvgIpc) is 2.65. The normalized spacial score (nSPS) is 26.1. The van der Waals surface area contributed by atoms with E-state index in [0.29, 0.717) is 11.8 Å². The summed E-state index contributed by atoms with van der Waals surface area (Å²) in [5, 5.41) is 0. The Labute approximate surface area is 147 Å². The van der Waals surface area contributed by atoms with E-state index in [2.05, 4.69) is 99.7 Å². The van der Waals surface area contributed by atoms with Crippen molar-refractivity contribution in [1.82, 2.24) is 0 Å². The maximum absolute atomic E-state index is 2.47. The Morgan fingerprint density at radius 1 is 1.08 bits per heavy atom. The Bertz CT molecular complexity index is 712. The molecule has 3 rings (SSSR count). The minimum atomic E-state index is -0.0755. The molecule has 0 N–H and O–H groups in total. The van der Waals surface area contributed by atoms with Crippen LogP contribution in [0.1, 0.15) is 39.2 Å². The molecule has 0 spiro atoms. The van der Waals surface area contributed by atoms with Gasteiger partial charge < -0.3 is 0 Å². The Balaban J connectivity index is 2.23. The predicted molar refractivity (Wildman–Crippen MR) is 105 cm³/mol.